The van der Waals surface area contributed by atoms with Crippen LogP contribution in [0.4, 0.5) is 18.0 Å². The quantitative estimate of drug-likeness (QED) is 0.849. The van der Waals surface area contributed by atoms with Crippen molar-refractivity contribution in [1.82, 2.24) is 10.2 Å². The molecule has 3 rings (SSSR count). The van der Waals surface area contributed by atoms with Crippen molar-refractivity contribution in [2.75, 3.05) is 7.11 Å². The fraction of sp³-hybridized carbons (Fsp3) is 0.222. The van der Waals surface area contributed by atoms with E-state index in [-0.39, 0.29) is 17.9 Å². The molecule has 0 aliphatic carbocycles. The first-order valence-corrected chi connectivity index (χ1v) is 7.68. The van der Waals surface area contributed by atoms with Crippen molar-refractivity contribution in [2.24, 2.45) is 0 Å². The Balaban J connectivity index is 1.88. The monoisotopic (exact) mass is 364 g/mol. The van der Waals surface area contributed by atoms with Crippen LogP contribution in [0.3, 0.4) is 0 Å². The van der Waals surface area contributed by atoms with Crippen molar-refractivity contribution < 1.29 is 27.5 Å². The Morgan fingerprint density at radius 1 is 1.04 bits per heavy atom. The second kappa shape index (κ2) is 6.36. The van der Waals surface area contributed by atoms with Crippen LogP contribution in [0.15, 0.2) is 36.4 Å². The molecule has 0 radical (unpaired) electrons. The number of amides is 3. The van der Waals surface area contributed by atoms with Gasteiger partial charge in [-0.25, -0.2) is 18.0 Å². The molecule has 1 aliphatic rings. The molecule has 26 heavy (non-hydrogen) atoms. The van der Waals surface area contributed by atoms with Crippen molar-refractivity contribution in [3.63, 3.8) is 0 Å². The van der Waals surface area contributed by atoms with Crippen LogP contribution < -0.4 is 10.1 Å². The summed E-state index contributed by atoms with van der Waals surface area (Å²) in [4.78, 5) is 25.9. The maximum Gasteiger partial charge on any atom is 0.325 e. The predicted molar refractivity (Wildman–Crippen MR) is 85.7 cm³/mol. The van der Waals surface area contributed by atoms with Crippen LogP contribution in [-0.2, 0) is 16.9 Å². The number of methoxy groups -OCH3 is 1. The number of benzene rings is 2. The highest BCUT2D eigenvalue weighted by molar-refractivity contribution is 6.07. The number of carbonyl (C=O) groups excluding carboxylic acids is 2. The van der Waals surface area contributed by atoms with Crippen LogP contribution in [0.1, 0.15) is 18.1 Å². The van der Waals surface area contributed by atoms with Crippen LogP contribution in [-0.4, -0.2) is 23.9 Å². The van der Waals surface area contributed by atoms with E-state index in [4.69, 9.17) is 4.74 Å². The van der Waals surface area contributed by atoms with E-state index in [0.717, 1.165) is 23.1 Å². The summed E-state index contributed by atoms with van der Waals surface area (Å²) in [7, 11) is 1.32. The van der Waals surface area contributed by atoms with Crippen LogP contribution in [0.25, 0.3) is 0 Å². The van der Waals surface area contributed by atoms with Gasteiger partial charge in [-0.3, -0.25) is 9.69 Å². The van der Waals surface area contributed by atoms with Crippen LogP contribution >= 0.6 is 0 Å². The molecule has 0 bridgehead atoms. The smallest absolute Gasteiger partial charge is 0.325 e. The molecule has 8 heteroatoms. The minimum absolute atomic E-state index is 0.0394. The number of urea groups is 1. The first-order valence-electron chi connectivity index (χ1n) is 7.68. The van der Waals surface area contributed by atoms with Crippen molar-refractivity contribution in [3.8, 4) is 5.75 Å². The lowest BCUT2D eigenvalue weighted by atomic mass is 9.92. The van der Waals surface area contributed by atoms with Gasteiger partial charge in [0.05, 0.1) is 13.7 Å². The summed E-state index contributed by atoms with van der Waals surface area (Å²) < 4.78 is 45.3. The fourth-order valence-corrected chi connectivity index (χ4v) is 2.83. The van der Waals surface area contributed by atoms with E-state index in [1.165, 1.54) is 32.2 Å². The number of nitrogens with one attached hydrogen (secondary N) is 1. The number of imide groups is 1. The summed E-state index contributed by atoms with van der Waals surface area (Å²) in [5, 5.41) is 2.48. The maximum atomic E-state index is 13.8. The minimum atomic E-state index is -1.55. The van der Waals surface area contributed by atoms with Crippen molar-refractivity contribution in [3.05, 3.63) is 65.0 Å². The Kier molecular flexibility index (Phi) is 4.35. The van der Waals surface area contributed by atoms with E-state index in [1.54, 1.807) is 0 Å². The molecule has 1 heterocycles. The van der Waals surface area contributed by atoms with E-state index >= 15 is 0 Å². The van der Waals surface area contributed by atoms with Gasteiger partial charge in [0.15, 0.2) is 23.2 Å². The fourth-order valence-electron chi connectivity index (χ4n) is 2.83. The van der Waals surface area contributed by atoms with Gasteiger partial charge >= 0.3 is 6.03 Å². The average molecular weight is 364 g/mol. The van der Waals surface area contributed by atoms with Crippen molar-refractivity contribution >= 4 is 11.9 Å². The number of hydrogen-bond acceptors (Lipinski definition) is 3. The number of halogens is 3. The molecule has 1 N–H and O–H groups in total. The Labute approximate surface area is 147 Å². The lowest BCUT2D eigenvalue weighted by Crippen LogP contribution is -2.41. The number of nitrogens with zero attached hydrogens (tertiary/aromatic N) is 1. The van der Waals surface area contributed by atoms with Crippen LogP contribution in [0, 0.1) is 17.5 Å². The molecule has 0 aromatic heterocycles. The van der Waals surface area contributed by atoms with Crippen molar-refractivity contribution in [2.45, 2.75) is 19.0 Å². The second-order valence-corrected chi connectivity index (χ2v) is 6.04. The molecule has 5 nitrogen and oxygen atoms in total. The zero-order chi connectivity index (χ0) is 19.1. The molecule has 0 spiro atoms. The highest BCUT2D eigenvalue weighted by atomic mass is 19.2. The topological polar surface area (TPSA) is 58.6 Å². The standard InChI is InChI=1S/C18H15F3N2O3/c1-18(11-4-5-12(19)13(20)8-11)16(24)23(17(25)22-18)9-10-3-6-15(26-2)14(21)7-10/h3-8H,9H2,1-2H3,(H,22,25)/t18-/m0/s1. The normalized spacial score (nSPS) is 19.7. The van der Waals surface area contributed by atoms with Gasteiger partial charge in [-0.15, -0.1) is 0 Å². The lowest BCUT2D eigenvalue weighted by molar-refractivity contribution is -0.131. The average Bonchev–Trinajstić information content (AvgIpc) is 2.81. The molecule has 2 aromatic carbocycles. The first-order chi connectivity index (χ1) is 12.3. The minimum Gasteiger partial charge on any atom is -0.494 e. The SMILES string of the molecule is COc1ccc(CN2C(=O)N[C@@](C)(c3ccc(F)c(F)c3)C2=O)cc1F. The van der Waals surface area contributed by atoms with E-state index in [0.29, 0.717) is 5.56 Å². The molecule has 0 saturated carbocycles. The predicted octanol–water partition coefficient (Wildman–Crippen LogP) is 3.08. The summed E-state index contributed by atoms with van der Waals surface area (Å²) in [6.45, 7) is 1.22. The van der Waals surface area contributed by atoms with E-state index in [1.807, 2.05) is 0 Å². The molecular formula is C18H15F3N2O3. The maximum absolute atomic E-state index is 13.8. The largest absolute Gasteiger partial charge is 0.494 e. The third-order valence-corrected chi connectivity index (χ3v) is 4.33. The van der Waals surface area contributed by atoms with Gasteiger partial charge in [0.1, 0.15) is 5.54 Å². The zero-order valence-electron chi connectivity index (χ0n) is 14.0. The molecular weight excluding hydrogens is 349 g/mol. The van der Waals surface area contributed by atoms with Crippen LogP contribution in [0.2, 0.25) is 0 Å². The molecule has 1 fully saturated rings. The Bertz CT molecular complexity index is 903. The highest BCUT2D eigenvalue weighted by Crippen LogP contribution is 2.31. The highest BCUT2D eigenvalue weighted by Gasteiger charge is 2.49. The van der Waals surface area contributed by atoms with Gasteiger partial charge in [-0.05, 0) is 42.3 Å². The van der Waals surface area contributed by atoms with E-state index in [9.17, 15) is 22.8 Å². The molecule has 1 aliphatic heterocycles. The van der Waals surface area contributed by atoms with Gasteiger partial charge in [-0.2, -0.15) is 0 Å². The Morgan fingerprint density at radius 2 is 1.77 bits per heavy atom. The molecule has 2 aromatic rings. The molecule has 136 valence electrons. The number of carbonyl (C=O) groups is 2. The molecule has 1 saturated heterocycles. The summed E-state index contributed by atoms with van der Waals surface area (Å²) in [6.07, 6.45) is 0. The summed E-state index contributed by atoms with van der Waals surface area (Å²) in [5.74, 6) is -3.41. The van der Waals surface area contributed by atoms with E-state index < -0.39 is 34.9 Å². The first kappa shape index (κ1) is 17.8. The molecule has 1 atom stereocenters. The third-order valence-electron chi connectivity index (χ3n) is 4.33. The number of hydrogen-bond donors (Lipinski definition) is 1. The van der Waals surface area contributed by atoms with E-state index in [2.05, 4.69) is 5.32 Å². The molecule has 3 amide bonds. The van der Waals surface area contributed by atoms with Gasteiger partial charge in [0.25, 0.3) is 5.91 Å². The third kappa shape index (κ3) is 2.87. The zero-order valence-corrected chi connectivity index (χ0v) is 14.0. The van der Waals surface area contributed by atoms with Gasteiger partial charge in [0.2, 0.25) is 0 Å². The van der Waals surface area contributed by atoms with Gasteiger partial charge < -0.3 is 10.1 Å². The van der Waals surface area contributed by atoms with Crippen LogP contribution in [0.5, 0.6) is 5.75 Å². The van der Waals surface area contributed by atoms with Crippen molar-refractivity contribution in [1.29, 1.82) is 0 Å². The Morgan fingerprint density at radius 3 is 2.38 bits per heavy atom. The summed E-state index contributed by atoms with van der Waals surface area (Å²) in [6, 6.07) is 6.34. The summed E-state index contributed by atoms with van der Waals surface area (Å²) >= 11 is 0. The van der Waals surface area contributed by atoms with Gasteiger partial charge in [-0.1, -0.05) is 12.1 Å². The number of ether oxygens (including phenoxy) is 1. The lowest BCUT2D eigenvalue weighted by Gasteiger charge is -2.22. The Hall–Kier alpha value is -3.03. The number of rotatable bonds is 4. The molecule has 0 unspecified atom stereocenters. The van der Waals surface area contributed by atoms with Gasteiger partial charge in [0, 0.05) is 0 Å². The second-order valence-electron chi connectivity index (χ2n) is 6.04. The summed E-state index contributed by atoms with van der Waals surface area (Å²) in [5.41, 5.74) is -1.06.